The second-order valence-electron chi connectivity index (χ2n) is 8.11. The molecule has 33 heavy (non-hydrogen) atoms. The van der Waals surface area contributed by atoms with Crippen LogP contribution in [-0.4, -0.2) is 82.3 Å². The molecule has 3 N–H and O–H groups in total. The van der Waals surface area contributed by atoms with E-state index in [9.17, 15) is 9.59 Å². The van der Waals surface area contributed by atoms with Crippen LogP contribution in [-0.2, 0) is 20.8 Å². The zero-order valence-electron chi connectivity index (χ0n) is 19.3. The van der Waals surface area contributed by atoms with Gasteiger partial charge in [-0.05, 0) is 42.9 Å². The SMILES string of the molecule is CN=C(NCCCOCC1CCOCC1)NCc1ccc(C(=O)N2CCNC(=O)C2)cc1.I. The van der Waals surface area contributed by atoms with E-state index in [-0.39, 0.29) is 42.3 Å². The first-order chi connectivity index (χ1) is 15.7. The number of hydrogen-bond donors (Lipinski definition) is 3. The number of halogens is 1. The van der Waals surface area contributed by atoms with Gasteiger partial charge in [-0.15, -0.1) is 24.0 Å². The van der Waals surface area contributed by atoms with Crippen LogP contribution in [0, 0.1) is 5.92 Å². The maximum Gasteiger partial charge on any atom is 0.254 e. The predicted octanol–water partition coefficient (Wildman–Crippen LogP) is 1.37. The third-order valence-electron chi connectivity index (χ3n) is 5.66. The summed E-state index contributed by atoms with van der Waals surface area (Å²) in [6.07, 6.45) is 3.11. The molecule has 9 nitrogen and oxygen atoms in total. The van der Waals surface area contributed by atoms with Crippen LogP contribution in [0.25, 0.3) is 0 Å². The number of guanidine groups is 1. The van der Waals surface area contributed by atoms with Gasteiger partial charge in [-0.2, -0.15) is 0 Å². The number of piperazine rings is 1. The molecule has 3 rings (SSSR count). The quantitative estimate of drug-likeness (QED) is 0.179. The number of nitrogens with one attached hydrogen (secondary N) is 3. The number of carbonyl (C=O) groups is 2. The summed E-state index contributed by atoms with van der Waals surface area (Å²) in [5.74, 6) is 1.13. The summed E-state index contributed by atoms with van der Waals surface area (Å²) in [7, 11) is 1.74. The number of aliphatic imine (C=N–C) groups is 1. The number of ether oxygens (including phenoxy) is 2. The Morgan fingerprint density at radius 3 is 2.70 bits per heavy atom. The lowest BCUT2D eigenvalue weighted by atomic mass is 10.0. The Bertz CT molecular complexity index is 769. The minimum Gasteiger partial charge on any atom is -0.381 e. The molecule has 0 atom stereocenters. The Morgan fingerprint density at radius 2 is 2.00 bits per heavy atom. The minimum absolute atomic E-state index is 0. The molecular formula is C23H36IN5O4. The Labute approximate surface area is 213 Å². The number of carbonyl (C=O) groups excluding carboxylic acids is 2. The highest BCUT2D eigenvalue weighted by Crippen LogP contribution is 2.14. The van der Waals surface area contributed by atoms with Gasteiger partial charge in [-0.1, -0.05) is 12.1 Å². The van der Waals surface area contributed by atoms with Crippen molar-refractivity contribution in [3.8, 4) is 0 Å². The molecule has 2 amide bonds. The molecule has 2 fully saturated rings. The second-order valence-corrected chi connectivity index (χ2v) is 8.11. The predicted molar refractivity (Wildman–Crippen MR) is 138 cm³/mol. The highest BCUT2D eigenvalue weighted by atomic mass is 127. The van der Waals surface area contributed by atoms with Crippen molar-refractivity contribution in [2.24, 2.45) is 10.9 Å². The largest absolute Gasteiger partial charge is 0.381 e. The van der Waals surface area contributed by atoms with E-state index in [4.69, 9.17) is 9.47 Å². The summed E-state index contributed by atoms with van der Waals surface area (Å²) in [5.41, 5.74) is 1.63. The Balaban J connectivity index is 0.00000385. The topological polar surface area (TPSA) is 104 Å². The first kappa shape index (κ1) is 27.3. The molecule has 2 aliphatic heterocycles. The van der Waals surface area contributed by atoms with Crippen molar-refractivity contribution in [2.75, 3.05) is 59.7 Å². The Hall–Kier alpha value is -1.92. The number of hydrogen-bond acceptors (Lipinski definition) is 5. The third-order valence-corrected chi connectivity index (χ3v) is 5.66. The fraction of sp³-hybridized carbons (Fsp3) is 0.609. The summed E-state index contributed by atoms with van der Waals surface area (Å²) >= 11 is 0. The molecule has 0 radical (unpaired) electrons. The monoisotopic (exact) mass is 573 g/mol. The zero-order chi connectivity index (χ0) is 22.6. The molecular weight excluding hydrogens is 537 g/mol. The van der Waals surface area contributed by atoms with Crippen molar-refractivity contribution < 1.29 is 19.1 Å². The third kappa shape index (κ3) is 9.46. The van der Waals surface area contributed by atoms with E-state index in [1.165, 1.54) is 0 Å². The van der Waals surface area contributed by atoms with Crippen LogP contribution < -0.4 is 16.0 Å². The zero-order valence-corrected chi connectivity index (χ0v) is 21.6. The van der Waals surface area contributed by atoms with E-state index < -0.39 is 0 Å². The van der Waals surface area contributed by atoms with Gasteiger partial charge in [-0.25, -0.2) is 0 Å². The van der Waals surface area contributed by atoms with Gasteiger partial charge in [0.25, 0.3) is 5.91 Å². The van der Waals surface area contributed by atoms with Gasteiger partial charge >= 0.3 is 0 Å². The molecule has 0 aliphatic carbocycles. The van der Waals surface area contributed by atoms with Gasteiger partial charge in [0, 0.05) is 65.2 Å². The first-order valence-corrected chi connectivity index (χ1v) is 11.4. The molecule has 0 bridgehead atoms. The van der Waals surface area contributed by atoms with Gasteiger partial charge in [-0.3, -0.25) is 14.6 Å². The summed E-state index contributed by atoms with van der Waals surface area (Å²) < 4.78 is 11.2. The van der Waals surface area contributed by atoms with Crippen LogP contribution in [0.15, 0.2) is 29.3 Å². The summed E-state index contributed by atoms with van der Waals surface area (Å²) in [6, 6.07) is 7.44. The molecule has 10 heteroatoms. The standard InChI is InChI=1S/C23H35N5O4.HI/c1-24-23(26-9-2-12-32-17-19-7-13-31-14-8-19)27-15-18-3-5-20(6-4-18)22(30)28-11-10-25-21(29)16-28;/h3-6,19H,2,7-17H2,1H3,(H,25,29)(H2,24,26,27);1H. The van der Waals surface area contributed by atoms with Crippen LogP contribution in [0.1, 0.15) is 35.2 Å². The molecule has 2 heterocycles. The number of rotatable bonds is 9. The van der Waals surface area contributed by atoms with Crippen molar-refractivity contribution in [3.63, 3.8) is 0 Å². The summed E-state index contributed by atoms with van der Waals surface area (Å²) in [4.78, 5) is 29.9. The van der Waals surface area contributed by atoms with Crippen LogP contribution in [0.4, 0.5) is 0 Å². The normalized spacial score (nSPS) is 17.2. The highest BCUT2D eigenvalue weighted by molar-refractivity contribution is 14.0. The van der Waals surface area contributed by atoms with Crippen LogP contribution >= 0.6 is 24.0 Å². The van der Waals surface area contributed by atoms with Crippen molar-refractivity contribution >= 4 is 41.8 Å². The smallest absolute Gasteiger partial charge is 0.254 e. The van der Waals surface area contributed by atoms with E-state index in [2.05, 4.69) is 20.9 Å². The van der Waals surface area contributed by atoms with Gasteiger partial charge in [0.2, 0.25) is 5.91 Å². The number of nitrogens with zero attached hydrogens (tertiary/aromatic N) is 2. The maximum absolute atomic E-state index is 12.5. The maximum atomic E-state index is 12.5. The van der Waals surface area contributed by atoms with E-state index in [0.717, 1.165) is 63.8 Å². The van der Waals surface area contributed by atoms with Gasteiger partial charge in [0.1, 0.15) is 0 Å². The van der Waals surface area contributed by atoms with Crippen LogP contribution in [0.3, 0.4) is 0 Å². The number of amides is 2. The minimum atomic E-state index is -0.116. The second kappa shape index (κ2) is 15.1. The Kier molecular flexibility index (Phi) is 12.5. The van der Waals surface area contributed by atoms with Gasteiger partial charge < -0.3 is 30.3 Å². The molecule has 1 aromatic rings. The summed E-state index contributed by atoms with van der Waals surface area (Å²) in [6.45, 7) is 5.80. The molecule has 0 aromatic heterocycles. The van der Waals surface area contributed by atoms with E-state index in [1.54, 1.807) is 24.1 Å². The molecule has 184 valence electrons. The van der Waals surface area contributed by atoms with Crippen molar-refractivity contribution in [1.82, 2.24) is 20.9 Å². The fourth-order valence-electron chi connectivity index (χ4n) is 3.71. The van der Waals surface area contributed by atoms with Crippen molar-refractivity contribution in [1.29, 1.82) is 0 Å². The van der Waals surface area contributed by atoms with Crippen LogP contribution in [0.5, 0.6) is 0 Å². The lowest BCUT2D eigenvalue weighted by Crippen LogP contribution is -2.49. The van der Waals surface area contributed by atoms with Crippen LogP contribution in [0.2, 0.25) is 0 Å². The van der Waals surface area contributed by atoms with Gasteiger partial charge in [0.15, 0.2) is 5.96 Å². The van der Waals surface area contributed by atoms with E-state index in [1.807, 2.05) is 12.1 Å². The van der Waals surface area contributed by atoms with Crippen molar-refractivity contribution in [3.05, 3.63) is 35.4 Å². The highest BCUT2D eigenvalue weighted by Gasteiger charge is 2.22. The molecule has 2 saturated heterocycles. The molecule has 0 unspecified atom stereocenters. The van der Waals surface area contributed by atoms with Gasteiger partial charge in [0.05, 0.1) is 6.54 Å². The molecule has 0 spiro atoms. The Morgan fingerprint density at radius 1 is 1.24 bits per heavy atom. The average Bonchev–Trinajstić information content (AvgIpc) is 2.83. The fourth-order valence-corrected chi connectivity index (χ4v) is 3.71. The molecule has 2 aliphatic rings. The summed E-state index contributed by atoms with van der Waals surface area (Å²) in [5, 5.41) is 9.31. The average molecular weight is 573 g/mol. The number of benzene rings is 1. The van der Waals surface area contributed by atoms with E-state index >= 15 is 0 Å². The molecule has 0 saturated carbocycles. The van der Waals surface area contributed by atoms with Crippen molar-refractivity contribution in [2.45, 2.75) is 25.8 Å². The first-order valence-electron chi connectivity index (χ1n) is 11.4. The lowest BCUT2D eigenvalue weighted by Gasteiger charge is -2.26. The lowest BCUT2D eigenvalue weighted by molar-refractivity contribution is -0.123. The van der Waals surface area contributed by atoms with E-state index in [0.29, 0.717) is 31.1 Å². The molecule has 1 aromatic carbocycles.